The summed E-state index contributed by atoms with van der Waals surface area (Å²) in [6.07, 6.45) is 11.6. The maximum Gasteiger partial charge on any atom is 0.309 e. The maximum absolute atomic E-state index is 12.9. The molecule has 1 aliphatic heterocycles. The van der Waals surface area contributed by atoms with Gasteiger partial charge in [0.1, 0.15) is 17.0 Å². The van der Waals surface area contributed by atoms with Crippen molar-refractivity contribution in [3.8, 4) is 5.40 Å². The lowest BCUT2D eigenvalue weighted by Crippen LogP contribution is -2.28. The molecule has 0 aromatic heterocycles. The zero-order valence-electron chi connectivity index (χ0n) is 16.8. The molecule has 2 fully saturated rings. The highest BCUT2D eigenvalue weighted by Crippen LogP contribution is 2.34. The van der Waals surface area contributed by atoms with E-state index in [2.05, 4.69) is 5.40 Å². The average Bonchev–Trinajstić information content (AvgIpc) is 3.09. The molecule has 0 bridgehead atoms. The van der Waals surface area contributed by atoms with E-state index in [-0.39, 0.29) is 42.2 Å². The van der Waals surface area contributed by atoms with Crippen LogP contribution in [0.2, 0.25) is 0 Å². The van der Waals surface area contributed by atoms with Gasteiger partial charge in [-0.1, -0.05) is 38.5 Å². The van der Waals surface area contributed by atoms with Gasteiger partial charge in [0, 0.05) is 18.1 Å². The minimum absolute atomic E-state index is 0.00624. The second-order valence-corrected chi connectivity index (χ2v) is 9.07. The lowest BCUT2D eigenvalue weighted by Gasteiger charge is -2.29. The standard InChI is InChI=1S/C22H33NO4S/c23-16-28-13-7-2-1-6-10-20(17-8-4-3-5-9-17)21(25)15-19(24)14-18-11-12-27-22(18)26/h17-18,20H,1-15H2. The van der Waals surface area contributed by atoms with E-state index in [1.807, 2.05) is 0 Å². The average molecular weight is 408 g/mol. The van der Waals surface area contributed by atoms with Gasteiger partial charge in [0.05, 0.1) is 18.9 Å². The Kier molecular flexibility index (Phi) is 10.6. The van der Waals surface area contributed by atoms with Gasteiger partial charge in [-0.3, -0.25) is 14.4 Å². The number of thiocyanates is 1. The fraction of sp³-hybridized carbons (Fsp3) is 0.818. The first-order valence-electron chi connectivity index (χ1n) is 10.8. The summed E-state index contributed by atoms with van der Waals surface area (Å²) < 4.78 is 4.92. The Morgan fingerprint density at radius 1 is 1.11 bits per heavy atom. The van der Waals surface area contributed by atoms with Gasteiger partial charge in [-0.05, 0) is 49.8 Å². The van der Waals surface area contributed by atoms with E-state index >= 15 is 0 Å². The van der Waals surface area contributed by atoms with Gasteiger partial charge in [0.15, 0.2) is 0 Å². The zero-order chi connectivity index (χ0) is 20.2. The normalized spacial score (nSPS) is 21.1. The number of thioether (sulfide) groups is 1. The SMILES string of the molecule is N#CSCCCCCCC(C(=O)CC(=O)CC1CCOC1=O)C1CCCCC1. The third kappa shape index (κ3) is 7.95. The molecule has 1 heterocycles. The molecule has 28 heavy (non-hydrogen) atoms. The smallest absolute Gasteiger partial charge is 0.309 e. The number of nitriles is 1. The molecule has 0 amide bonds. The minimum atomic E-state index is -0.347. The van der Waals surface area contributed by atoms with Crippen LogP contribution >= 0.6 is 11.8 Å². The van der Waals surface area contributed by atoms with Crippen LogP contribution in [0.15, 0.2) is 0 Å². The molecule has 0 spiro atoms. The molecule has 0 aromatic rings. The number of cyclic esters (lactones) is 1. The van der Waals surface area contributed by atoms with Crippen LogP contribution in [0, 0.1) is 28.4 Å². The van der Waals surface area contributed by atoms with Gasteiger partial charge in [-0.15, -0.1) is 0 Å². The van der Waals surface area contributed by atoms with E-state index in [0.717, 1.165) is 50.7 Å². The molecule has 6 heteroatoms. The van der Waals surface area contributed by atoms with Gasteiger partial charge in [0.2, 0.25) is 0 Å². The summed E-state index contributed by atoms with van der Waals surface area (Å²) in [5.74, 6) is 0.623. The highest BCUT2D eigenvalue weighted by molar-refractivity contribution is 8.03. The van der Waals surface area contributed by atoms with E-state index in [4.69, 9.17) is 10.00 Å². The largest absolute Gasteiger partial charge is 0.465 e. The van der Waals surface area contributed by atoms with Crippen LogP contribution < -0.4 is 0 Å². The summed E-state index contributed by atoms with van der Waals surface area (Å²) in [6.45, 7) is 0.391. The van der Waals surface area contributed by atoms with Crippen molar-refractivity contribution in [3.05, 3.63) is 0 Å². The molecule has 0 radical (unpaired) electrons. The first kappa shape index (κ1) is 22.9. The molecule has 1 saturated carbocycles. The highest BCUT2D eigenvalue weighted by Gasteiger charge is 2.32. The van der Waals surface area contributed by atoms with Gasteiger partial charge in [-0.25, -0.2) is 0 Å². The fourth-order valence-electron chi connectivity index (χ4n) is 4.53. The second kappa shape index (κ2) is 13.0. The highest BCUT2D eigenvalue weighted by atomic mass is 32.2. The molecular weight excluding hydrogens is 374 g/mol. The fourth-order valence-corrected chi connectivity index (χ4v) is 4.97. The molecule has 0 N–H and O–H groups in total. The third-order valence-electron chi connectivity index (χ3n) is 6.10. The van der Waals surface area contributed by atoms with E-state index in [9.17, 15) is 14.4 Å². The minimum Gasteiger partial charge on any atom is -0.465 e. The molecule has 2 rings (SSSR count). The van der Waals surface area contributed by atoms with Crippen molar-refractivity contribution in [1.29, 1.82) is 5.26 Å². The van der Waals surface area contributed by atoms with Crippen LogP contribution in [0.5, 0.6) is 0 Å². The van der Waals surface area contributed by atoms with Crippen molar-refractivity contribution >= 4 is 29.3 Å². The van der Waals surface area contributed by atoms with Crippen LogP contribution in [0.3, 0.4) is 0 Å². The van der Waals surface area contributed by atoms with Gasteiger partial charge in [-0.2, -0.15) is 5.26 Å². The van der Waals surface area contributed by atoms with Gasteiger partial charge >= 0.3 is 5.97 Å². The Morgan fingerprint density at radius 3 is 2.54 bits per heavy atom. The molecule has 2 atom stereocenters. The molecule has 1 aliphatic carbocycles. The van der Waals surface area contributed by atoms with Crippen molar-refractivity contribution in [2.45, 2.75) is 83.5 Å². The number of esters is 1. The Morgan fingerprint density at radius 2 is 1.86 bits per heavy atom. The lowest BCUT2D eigenvalue weighted by atomic mass is 9.75. The number of hydrogen-bond donors (Lipinski definition) is 0. The first-order valence-corrected chi connectivity index (χ1v) is 11.8. The summed E-state index contributed by atoms with van der Waals surface area (Å²) in [4.78, 5) is 36.9. The summed E-state index contributed by atoms with van der Waals surface area (Å²) in [5.41, 5.74) is 0. The predicted molar refractivity (Wildman–Crippen MR) is 110 cm³/mol. The Hall–Kier alpha value is -1.35. The zero-order valence-corrected chi connectivity index (χ0v) is 17.6. The number of Topliss-reactive ketones (excluding diaryl/α,β-unsaturated/α-hetero) is 2. The summed E-state index contributed by atoms with van der Waals surface area (Å²) in [6, 6.07) is 0. The number of ketones is 2. The number of carbonyl (C=O) groups is 3. The number of rotatable bonds is 13. The predicted octanol–water partition coefficient (Wildman–Crippen LogP) is 4.83. The topological polar surface area (TPSA) is 84.2 Å². The van der Waals surface area contributed by atoms with Crippen molar-refractivity contribution in [2.24, 2.45) is 17.8 Å². The van der Waals surface area contributed by atoms with Crippen molar-refractivity contribution < 1.29 is 19.1 Å². The molecule has 2 aliphatic rings. The van der Waals surface area contributed by atoms with E-state index in [1.165, 1.54) is 31.0 Å². The number of ether oxygens (including phenoxy) is 1. The van der Waals surface area contributed by atoms with E-state index in [1.54, 1.807) is 0 Å². The van der Waals surface area contributed by atoms with E-state index in [0.29, 0.717) is 18.9 Å². The van der Waals surface area contributed by atoms with Crippen molar-refractivity contribution in [3.63, 3.8) is 0 Å². The van der Waals surface area contributed by atoms with Crippen LogP contribution in [0.4, 0.5) is 0 Å². The second-order valence-electron chi connectivity index (χ2n) is 8.19. The summed E-state index contributed by atoms with van der Waals surface area (Å²) >= 11 is 1.30. The quantitative estimate of drug-likeness (QED) is 0.188. The van der Waals surface area contributed by atoms with Gasteiger partial charge in [0.25, 0.3) is 0 Å². The molecule has 0 aromatic carbocycles. The monoisotopic (exact) mass is 407 g/mol. The molecular formula is C22H33NO4S. The number of unbranched alkanes of at least 4 members (excludes halogenated alkanes) is 3. The number of carbonyl (C=O) groups excluding carboxylic acids is 3. The summed E-state index contributed by atoms with van der Waals surface area (Å²) in [5, 5.41) is 10.6. The molecule has 156 valence electrons. The van der Waals surface area contributed by atoms with Crippen molar-refractivity contribution in [2.75, 3.05) is 12.4 Å². The third-order valence-corrected chi connectivity index (χ3v) is 6.72. The van der Waals surface area contributed by atoms with Crippen LogP contribution in [0.1, 0.15) is 83.5 Å². The molecule has 5 nitrogen and oxygen atoms in total. The number of nitrogens with zero attached hydrogens (tertiary/aromatic N) is 1. The first-order chi connectivity index (χ1) is 13.6. The van der Waals surface area contributed by atoms with Crippen molar-refractivity contribution in [1.82, 2.24) is 0 Å². The van der Waals surface area contributed by atoms with Crippen LogP contribution in [0.25, 0.3) is 0 Å². The maximum atomic E-state index is 12.9. The summed E-state index contributed by atoms with van der Waals surface area (Å²) in [7, 11) is 0. The van der Waals surface area contributed by atoms with Crippen LogP contribution in [-0.4, -0.2) is 29.9 Å². The van der Waals surface area contributed by atoms with Gasteiger partial charge < -0.3 is 4.74 Å². The number of hydrogen-bond acceptors (Lipinski definition) is 6. The molecule has 2 unspecified atom stereocenters. The molecule has 1 saturated heterocycles. The Bertz CT molecular complexity index is 565. The van der Waals surface area contributed by atoms with Crippen LogP contribution in [-0.2, 0) is 19.1 Å². The Labute approximate surface area is 173 Å². The lowest BCUT2D eigenvalue weighted by molar-refractivity contribution is -0.143. The Balaban J connectivity index is 1.79. The van der Waals surface area contributed by atoms with E-state index < -0.39 is 0 Å².